The summed E-state index contributed by atoms with van der Waals surface area (Å²) in [6.45, 7) is 4.44. The number of amides is 2. The van der Waals surface area contributed by atoms with Gasteiger partial charge in [-0.2, -0.15) is 0 Å². The van der Waals surface area contributed by atoms with Crippen molar-refractivity contribution in [2.75, 3.05) is 24.6 Å². The molecule has 1 saturated heterocycles. The second-order valence-electron chi connectivity index (χ2n) is 4.40. The Morgan fingerprint density at radius 1 is 1.33 bits per heavy atom. The van der Waals surface area contributed by atoms with Crippen LogP contribution >= 0.6 is 0 Å². The molecule has 0 aromatic heterocycles. The van der Waals surface area contributed by atoms with Crippen molar-refractivity contribution in [3.05, 3.63) is 0 Å². The van der Waals surface area contributed by atoms with Crippen molar-refractivity contribution in [3.63, 3.8) is 0 Å². The van der Waals surface area contributed by atoms with Gasteiger partial charge in [-0.3, -0.25) is 9.59 Å². The van der Waals surface area contributed by atoms with Gasteiger partial charge in [-0.25, -0.2) is 8.42 Å². The molecule has 1 fully saturated rings. The zero-order chi connectivity index (χ0) is 13.8. The van der Waals surface area contributed by atoms with E-state index < -0.39 is 21.7 Å². The van der Waals surface area contributed by atoms with Crippen LogP contribution < -0.4 is 5.32 Å². The third-order valence-electron chi connectivity index (χ3n) is 2.98. The first-order valence-corrected chi connectivity index (χ1v) is 8.02. The van der Waals surface area contributed by atoms with E-state index in [0.717, 1.165) is 6.42 Å². The molecule has 1 rings (SSSR count). The van der Waals surface area contributed by atoms with Gasteiger partial charge in [0.1, 0.15) is 0 Å². The lowest BCUT2D eigenvalue weighted by Gasteiger charge is -2.26. The molecule has 1 aliphatic rings. The average molecular weight is 276 g/mol. The number of hydrogen-bond acceptors (Lipinski definition) is 4. The van der Waals surface area contributed by atoms with Crippen LogP contribution in [-0.4, -0.2) is 55.8 Å². The number of carbonyl (C=O) groups excluding carboxylic acids is 2. The second kappa shape index (κ2) is 6.17. The lowest BCUT2D eigenvalue weighted by Crippen LogP contribution is -2.48. The van der Waals surface area contributed by atoms with Crippen LogP contribution in [0.25, 0.3) is 0 Å². The van der Waals surface area contributed by atoms with Crippen LogP contribution in [0.4, 0.5) is 0 Å². The monoisotopic (exact) mass is 276 g/mol. The summed E-state index contributed by atoms with van der Waals surface area (Å²) in [5.74, 6) is -1.22. The molecule has 0 bridgehead atoms. The summed E-state index contributed by atoms with van der Waals surface area (Å²) in [5, 5.41) is 2.51. The van der Waals surface area contributed by atoms with Gasteiger partial charge in [0.2, 0.25) is 0 Å². The smallest absolute Gasteiger partial charge is 0.312 e. The number of carbonyl (C=O) groups is 2. The van der Waals surface area contributed by atoms with E-state index in [1.54, 1.807) is 6.92 Å². The SMILES string of the molecule is CCCNC(=O)C(=O)N(CC)C1CCS(=O)(=O)C1. The third kappa shape index (κ3) is 3.69. The van der Waals surface area contributed by atoms with E-state index in [-0.39, 0.29) is 17.5 Å². The highest BCUT2D eigenvalue weighted by Gasteiger charge is 2.35. The van der Waals surface area contributed by atoms with Crippen LogP contribution in [-0.2, 0) is 19.4 Å². The maximum Gasteiger partial charge on any atom is 0.312 e. The Balaban J connectivity index is 2.66. The lowest BCUT2D eigenvalue weighted by molar-refractivity contribution is -0.147. The number of sulfone groups is 1. The normalized spacial score (nSPS) is 21.6. The fourth-order valence-corrected chi connectivity index (χ4v) is 3.76. The highest BCUT2D eigenvalue weighted by molar-refractivity contribution is 7.91. The Morgan fingerprint density at radius 3 is 2.44 bits per heavy atom. The summed E-state index contributed by atoms with van der Waals surface area (Å²) in [6, 6.07) is -0.361. The molecule has 0 radical (unpaired) electrons. The quantitative estimate of drug-likeness (QED) is 0.705. The molecule has 0 aromatic carbocycles. The van der Waals surface area contributed by atoms with Crippen molar-refractivity contribution in [1.29, 1.82) is 0 Å². The van der Waals surface area contributed by atoms with Crippen LogP contribution in [0.3, 0.4) is 0 Å². The van der Waals surface area contributed by atoms with Gasteiger partial charge in [-0.15, -0.1) is 0 Å². The number of rotatable bonds is 4. The van der Waals surface area contributed by atoms with Gasteiger partial charge in [0, 0.05) is 19.1 Å². The Bertz CT molecular complexity index is 419. The molecule has 7 heteroatoms. The van der Waals surface area contributed by atoms with Crippen molar-refractivity contribution < 1.29 is 18.0 Å². The van der Waals surface area contributed by atoms with Crippen molar-refractivity contribution >= 4 is 21.7 Å². The van der Waals surface area contributed by atoms with Crippen molar-refractivity contribution in [3.8, 4) is 0 Å². The summed E-state index contributed by atoms with van der Waals surface area (Å²) in [5.41, 5.74) is 0. The van der Waals surface area contributed by atoms with Crippen LogP contribution in [0.5, 0.6) is 0 Å². The van der Waals surface area contributed by atoms with E-state index in [4.69, 9.17) is 0 Å². The van der Waals surface area contributed by atoms with Gasteiger partial charge in [0.15, 0.2) is 9.84 Å². The minimum Gasteiger partial charge on any atom is -0.348 e. The molecule has 0 aromatic rings. The molecule has 1 atom stereocenters. The summed E-state index contributed by atoms with van der Waals surface area (Å²) in [6.07, 6.45) is 1.17. The largest absolute Gasteiger partial charge is 0.348 e. The van der Waals surface area contributed by atoms with E-state index >= 15 is 0 Å². The minimum atomic E-state index is -3.05. The second-order valence-corrected chi connectivity index (χ2v) is 6.63. The highest BCUT2D eigenvalue weighted by Crippen LogP contribution is 2.17. The Morgan fingerprint density at radius 2 is 2.00 bits per heavy atom. The van der Waals surface area contributed by atoms with Crippen LogP contribution in [0, 0.1) is 0 Å². The lowest BCUT2D eigenvalue weighted by atomic mass is 10.2. The molecule has 18 heavy (non-hydrogen) atoms. The third-order valence-corrected chi connectivity index (χ3v) is 4.73. The van der Waals surface area contributed by atoms with Gasteiger partial charge in [-0.1, -0.05) is 6.92 Å². The van der Waals surface area contributed by atoms with E-state index in [0.29, 0.717) is 19.5 Å². The number of nitrogens with one attached hydrogen (secondary N) is 1. The Kier molecular flexibility index (Phi) is 5.13. The summed E-state index contributed by atoms with van der Waals surface area (Å²) >= 11 is 0. The summed E-state index contributed by atoms with van der Waals surface area (Å²) in [7, 11) is -3.05. The topological polar surface area (TPSA) is 83.6 Å². The fraction of sp³-hybridized carbons (Fsp3) is 0.818. The van der Waals surface area contributed by atoms with E-state index in [9.17, 15) is 18.0 Å². The molecule has 0 saturated carbocycles. The van der Waals surface area contributed by atoms with Crippen LogP contribution in [0.1, 0.15) is 26.7 Å². The molecule has 6 nitrogen and oxygen atoms in total. The molecule has 2 amide bonds. The zero-order valence-corrected chi connectivity index (χ0v) is 11.6. The first-order valence-electron chi connectivity index (χ1n) is 6.20. The molecule has 0 aliphatic carbocycles. The first-order chi connectivity index (χ1) is 8.41. The summed E-state index contributed by atoms with van der Waals surface area (Å²) in [4.78, 5) is 24.8. The molecule has 1 aliphatic heterocycles. The first kappa shape index (κ1) is 14.9. The van der Waals surface area contributed by atoms with Gasteiger partial charge < -0.3 is 10.2 Å². The standard InChI is InChI=1S/C11H20N2O4S/c1-3-6-12-10(14)11(15)13(4-2)9-5-7-18(16,17)8-9/h9H,3-8H2,1-2H3,(H,12,14). The van der Waals surface area contributed by atoms with E-state index in [1.165, 1.54) is 4.90 Å². The summed E-state index contributed by atoms with van der Waals surface area (Å²) < 4.78 is 22.8. The van der Waals surface area contributed by atoms with Gasteiger partial charge in [-0.05, 0) is 19.8 Å². The maximum atomic E-state index is 11.9. The van der Waals surface area contributed by atoms with E-state index in [2.05, 4.69) is 5.32 Å². The zero-order valence-electron chi connectivity index (χ0n) is 10.8. The number of likely N-dealkylation sites (N-methyl/N-ethyl adjacent to an activating group) is 1. The van der Waals surface area contributed by atoms with Crippen molar-refractivity contribution in [2.24, 2.45) is 0 Å². The number of hydrogen-bond donors (Lipinski definition) is 1. The molecule has 0 spiro atoms. The van der Waals surface area contributed by atoms with E-state index in [1.807, 2.05) is 6.92 Å². The molecule has 1 heterocycles. The molecular weight excluding hydrogens is 256 g/mol. The molecular formula is C11H20N2O4S. The predicted molar refractivity (Wildman–Crippen MR) is 67.7 cm³/mol. The van der Waals surface area contributed by atoms with Crippen molar-refractivity contribution in [2.45, 2.75) is 32.7 Å². The van der Waals surface area contributed by atoms with Crippen LogP contribution in [0.2, 0.25) is 0 Å². The minimum absolute atomic E-state index is 0.0341. The number of nitrogens with zero attached hydrogens (tertiary/aromatic N) is 1. The van der Waals surface area contributed by atoms with Gasteiger partial charge in [0.25, 0.3) is 0 Å². The van der Waals surface area contributed by atoms with Crippen LogP contribution in [0.15, 0.2) is 0 Å². The molecule has 104 valence electrons. The molecule has 1 unspecified atom stereocenters. The van der Waals surface area contributed by atoms with Gasteiger partial charge in [0.05, 0.1) is 11.5 Å². The Labute approximate surface area is 108 Å². The highest BCUT2D eigenvalue weighted by atomic mass is 32.2. The fourth-order valence-electron chi connectivity index (χ4n) is 2.03. The average Bonchev–Trinajstić information content (AvgIpc) is 2.67. The van der Waals surface area contributed by atoms with Gasteiger partial charge >= 0.3 is 11.8 Å². The predicted octanol–water partition coefficient (Wildman–Crippen LogP) is -0.452. The molecule has 1 N–H and O–H groups in total. The Hall–Kier alpha value is -1.11. The maximum absolute atomic E-state index is 11.9. The van der Waals surface area contributed by atoms with Crippen molar-refractivity contribution in [1.82, 2.24) is 10.2 Å².